The van der Waals surface area contributed by atoms with Gasteiger partial charge in [-0.25, -0.2) is 14.8 Å². The van der Waals surface area contributed by atoms with Gasteiger partial charge in [0.15, 0.2) is 5.75 Å². The molecule has 10 heteroatoms. The van der Waals surface area contributed by atoms with E-state index >= 15 is 0 Å². The SMILES string of the molecule is CN(C)C(=O)c1cnccc1COc1cnc(N2CCN(C(=O)OC(C)(C)C)CC2)nc1. The van der Waals surface area contributed by atoms with Crippen LogP contribution in [0.4, 0.5) is 10.7 Å². The van der Waals surface area contributed by atoms with Gasteiger partial charge in [-0.2, -0.15) is 0 Å². The predicted molar refractivity (Wildman–Crippen MR) is 119 cm³/mol. The molecule has 0 N–H and O–H groups in total. The van der Waals surface area contributed by atoms with Crippen molar-refractivity contribution in [3.8, 4) is 5.75 Å². The average Bonchev–Trinajstić information content (AvgIpc) is 2.76. The van der Waals surface area contributed by atoms with Crippen LogP contribution in [0, 0.1) is 0 Å². The van der Waals surface area contributed by atoms with Crippen LogP contribution in [0.5, 0.6) is 5.75 Å². The molecule has 32 heavy (non-hydrogen) atoms. The number of hydrogen-bond donors (Lipinski definition) is 0. The smallest absolute Gasteiger partial charge is 0.410 e. The molecule has 1 saturated heterocycles. The number of amides is 2. The summed E-state index contributed by atoms with van der Waals surface area (Å²) in [6, 6.07) is 1.76. The van der Waals surface area contributed by atoms with Crippen LogP contribution in [0.2, 0.25) is 0 Å². The predicted octanol–water partition coefficient (Wildman–Crippen LogP) is 2.21. The Bertz CT molecular complexity index is 934. The van der Waals surface area contributed by atoms with Gasteiger partial charge in [0, 0.05) is 58.2 Å². The van der Waals surface area contributed by atoms with Crippen molar-refractivity contribution in [1.82, 2.24) is 24.8 Å². The Labute approximate surface area is 188 Å². The number of pyridine rings is 1. The molecule has 3 rings (SSSR count). The number of piperazine rings is 1. The Hall–Kier alpha value is -3.43. The Kier molecular flexibility index (Phi) is 7.12. The number of anilines is 1. The minimum Gasteiger partial charge on any atom is -0.486 e. The van der Waals surface area contributed by atoms with Gasteiger partial charge in [-0.3, -0.25) is 9.78 Å². The van der Waals surface area contributed by atoms with Crippen molar-refractivity contribution in [3.05, 3.63) is 42.0 Å². The number of carbonyl (C=O) groups is 2. The van der Waals surface area contributed by atoms with Gasteiger partial charge in [-0.1, -0.05) is 0 Å². The number of hydrogen-bond acceptors (Lipinski definition) is 8. The summed E-state index contributed by atoms with van der Waals surface area (Å²) in [4.78, 5) is 42.5. The van der Waals surface area contributed by atoms with Crippen LogP contribution in [-0.4, -0.2) is 82.6 Å². The zero-order valence-electron chi connectivity index (χ0n) is 19.2. The maximum atomic E-state index is 12.3. The highest BCUT2D eigenvalue weighted by atomic mass is 16.6. The third-order valence-corrected chi connectivity index (χ3v) is 4.77. The van der Waals surface area contributed by atoms with Crippen molar-refractivity contribution in [1.29, 1.82) is 0 Å². The lowest BCUT2D eigenvalue weighted by atomic mass is 10.1. The molecule has 10 nitrogen and oxygen atoms in total. The lowest BCUT2D eigenvalue weighted by Crippen LogP contribution is -2.50. The lowest BCUT2D eigenvalue weighted by Gasteiger charge is -2.35. The van der Waals surface area contributed by atoms with Crippen LogP contribution in [0.25, 0.3) is 0 Å². The molecule has 3 heterocycles. The van der Waals surface area contributed by atoms with Crippen LogP contribution in [0.3, 0.4) is 0 Å². The summed E-state index contributed by atoms with van der Waals surface area (Å²) in [5.41, 5.74) is 0.725. The van der Waals surface area contributed by atoms with Crippen molar-refractivity contribution >= 4 is 17.9 Å². The maximum Gasteiger partial charge on any atom is 0.410 e. The Morgan fingerprint density at radius 2 is 1.72 bits per heavy atom. The molecule has 0 unspecified atom stereocenters. The first-order chi connectivity index (χ1) is 15.1. The quantitative estimate of drug-likeness (QED) is 0.695. The summed E-state index contributed by atoms with van der Waals surface area (Å²) in [5, 5.41) is 0. The van der Waals surface area contributed by atoms with Gasteiger partial charge in [0.25, 0.3) is 5.91 Å². The summed E-state index contributed by atoms with van der Waals surface area (Å²) in [6.45, 7) is 8.09. The molecular formula is C22H30N6O4. The van der Waals surface area contributed by atoms with E-state index in [0.717, 1.165) is 5.56 Å². The van der Waals surface area contributed by atoms with Gasteiger partial charge in [0.1, 0.15) is 12.2 Å². The van der Waals surface area contributed by atoms with Gasteiger partial charge < -0.3 is 24.2 Å². The lowest BCUT2D eigenvalue weighted by molar-refractivity contribution is 0.0240. The minimum atomic E-state index is -0.510. The fourth-order valence-electron chi connectivity index (χ4n) is 3.11. The molecule has 1 aliphatic rings. The van der Waals surface area contributed by atoms with E-state index in [1.165, 1.54) is 11.1 Å². The van der Waals surface area contributed by atoms with E-state index in [1.54, 1.807) is 43.7 Å². The van der Waals surface area contributed by atoms with Crippen LogP contribution < -0.4 is 9.64 Å². The van der Waals surface area contributed by atoms with E-state index in [4.69, 9.17) is 9.47 Å². The summed E-state index contributed by atoms with van der Waals surface area (Å²) in [7, 11) is 3.39. The van der Waals surface area contributed by atoms with Gasteiger partial charge in [0.05, 0.1) is 18.0 Å². The third-order valence-electron chi connectivity index (χ3n) is 4.77. The minimum absolute atomic E-state index is 0.131. The molecular weight excluding hydrogens is 412 g/mol. The second-order valence-electron chi connectivity index (χ2n) is 8.69. The van der Waals surface area contributed by atoms with Crippen LogP contribution in [0.15, 0.2) is 30.9 Å². The second-order valence-corrected chi connectivity index (χ2v) is 8.69. The Morgan fingerprint density at radius 1 is 1.06 bits per heavy atom. The largest absolute Gasteiger partial charge is 0.486 e. The normalized spacial score (nSPS) is 14.2. The fourth-order valence-corrected chi connectivity index (χ4v) is 3.11. The van der Waals surface area contributed by atoms with E-state index < -0.39 is 5.60 Å². The monoisotopic (exact) mass is 442 g/mol. The molecule has 1 fully saturated rings. The second kappa shape index (κ2) is 9.80. The van der Waals surface area contributed by atoms with Gasteiger partial charge in [0.2, 0.25) is 5.95 Å². The number of aromatic nitrogens is 3. The van der Waals surface area contributed by atoms with Crippen LogP contribution in [-0.2, 0) is 11.3 Å². The summed E-state index contributed by atoms with van der Waals surface area (Å²) < 4.78 is 11.2. The molecule has 2 aromatic heterocycles. The molecule has 0 aromatic carbocycles. The zero-order valence-corrected chi connectivity index (χ0v) is 19.2. The number of rotatable bonds is 5. The Morgan fingerprint density at radius 3 is 2.31 bits per heavy atom. The molecule has 2 amide bonds. The molecule has 0 bridgehead atoms. The maximum absolute atomic E-state index is 12.3. The average molecular weight is 443 g/mol. The highest BCUT2D eigenvalue weighted by molar-refractivity contribution is 5.95. The molecule has 0 spiro atoms. The van der Waals surface area contributed by atoms with E-state index in [0.29, 0.717) is 43.4 Å². The zero-order chi connectivity index (χ0) is 23.3. The standard InChI is InChI=1S/C22H30N6O4/c1-22(2,3)32-21(30)28-10-8-27(9-11-28)20-24-12-17(13-25-20)31-15-16-6-7-23-14-18(16)19(29)26(4)5/h6-7,12-14H,8-11,15H2,1-5H3. The Balaban J connectivity index is 1.55. The van der Waals surface area contributed by atoms with E-state index in [1.807, 2.05) is 25.7 Å². The van der Waals surface area contributed by atoms with Gasteiger partial charge >= 0.3 is 6.09 Å². The van der Waals surface area contributed by atoms with Gasteiger partial charge in [-0.15, -0.1) is 0 Å². The van der Waals surface area contributed by atoms with Crippen molar-refractivity contribution in [3.63, 3.8) is 0 Å². The van der Waals surface area contributed by atoms with E-state index in [2.05, 4.69) is 15.0 Å². The van der Waals surface area contributed by atoms with E-state index in [-0.39, 0.29) is 18.6 Å². The van der Waals surface area contributed by atoms with Crippen molar-refractivity contribution in [2.45, 2.75) is 33.0 Å². The molecule has 0 aliphatic carbocycles. The number of carbonyl (C=O) groups excluding carboxylic acids is 2. The fraction of sp³-hybridized carbons (Fsp3) is 0.500. The number of ether oxygens (including phenoxy) is 2. The first kappa shape index (κ1) is 23.2. The van der Waals surface area contributed by atoms with Crippen molar-refractivity contribution in [2.75, 3.05) is 45.2 Å². The highest BCUT2D eigenvalue weighted by Crippen LogP contribution is 2.18. The summed E-state index contributed by atoms with van der Waals surface area (Å²) in [6.07, 6.45) is 6.08. The van der Waals surface area contributed by atoms with E-state index in [9.17, 15) is 9.59 Å². The first-order valence-corrected chi connectivity index (χ1v) is 10.5. The summed E-state index contributed by atoms with van der Waals surface area (Å²) >= 11 is 0. The first-order valence-electron chi connectivity index (χ1n) is 10.5. The highest BCUT2D eigenvalue weighted by Gasteiger charge is 2.26. The van der Waals surface area contributed by atoms with Crippen LogP contribution >= 0.6 is 0 Å². The molecule has 2 aromatic rings. The number of nitrogens with zero attached hydrogens (tertiary/aromatic N) is 6. The van der Waals surface area contributed by atoms with Crippen LogP contribution in [0.1, 0.15) is 36.7 Å². The van der Waals surface area contributed by atoms with Crippen molar-refractivity contribution < 1.29 is 19.1 Å². The van der Waals surface area contributed by atoms with Gasteiger partial charge in [-0.05, 0) is 26.8 Å². The molecule has 0 radical (unpaired) electrons. The topological polar surface area (TPSA) is 101 Å². The molecule has 172 valence electrons. The molecule has 1 aliphatic heterocycles. The summed E-state index contributed by atoms with van der Waals surface area (Å²) in [5.74, 6) is 0.948. The molecule has 0 saturated carbocycles. The van der Waals surface area contributed by atoms with Crippen molar-refractivity contribution in [2.24, 2.45) is 0 Å². The third kappa shape index (κ3) is 6.05. The molecule has 0 atom stereocenters.